The number of likely N-dealkylation sites (tertiary alicyclic amines) is 1. The van der Waals surface area contributed by atoms with Crippen molar-refractivity contribution in [3.63, 3.8) is 0 Å². The predicted octanol–water partition coefficient (Wildman–Crippen LogP) is 1.16. The Morgan fingerprint density at radius 3 is 2.88 bits per heavy atom. The van der Waals surface area contributed by atoms with E-state index in [2.05, 4.69) is 28.5 Å². The summed E-state index contributed by atoms with van der Waals surface area (Å²) in [5, 5.41) is 0. The van der Waals surface area contributed by atoms with Crippen LogP contribution in [0.2, 0.25) is 0 Å². The van der Waals surface area contributed by atoms with E-state index in [-0.39, 0.29) is 17.4 Å². The number of imidazole rings is 1. The number of carbonyl (C=O) groups is 1. The highest BCUT2D eigenvalue weighted by Crippen LogP contribution is 2.26. The van der Waals surface area contributed by atoms with Crippen LogP contribution in [-0.4, -0.2) is 63.6 Å². The van der Waals surface area contributed by atoms with E-state index in [1.54, 1.807) is 19.3 Å². The summed E-state index contributed by atoms with van der Waals surface area (Å²) >= 11 is 0. The minimum Gasteiger partial charge on any atom is -0.338 e. The third-order valence-corrected chi connectivity index (χ3v) is 4.94. The van der Waals surface area contributed by atoms with Gasteiger partial charge in [-0.3, -0.25) is 9.59 Å². The monoisotopic (exact) mass is 357 g/mol. The predicted molar refractivity (Wildman–Crippen MR) is 100 cm³/mol. The highest BCUT2D eigenvalue weighted by Gasteiger charge is 2.28. The average Bonchev–Trinajstić information content (AvgIpc) is 3.10. The summed E-state index contributed by atoms with van der Waals surface area (Å²) in [6.07, 6.45) is 7.48. The van der Waals surface area contributed by atoms with E-state index >= 15 is 0 Å². The largest absolute Gasteiger partial charge is 0.338 e. The first-order valence-corrected chi connectivity index (χ1v) is 9.07. The van der Waals surface area contributed by atoms with Gasteiger partial charge in [-0.2, -0.15) is 0 Å². The van der Waals surface area contributed by atoms with Crippen molar-refractivity contribution in [1.29, 1.82) is 0 Å². The highest BCUT2D eigenvalue weighted by atomic mass is 16.2. The molecule has 140 valence electrons. The molecule has 7 nitrogen and oxygen atoms in total. The van der Waals surface area contributed by atoms with Gasteiger partial charge in [0.2, 0.25) is 5.56 Å². The molecular weight excluding hydrogens is 330 g/mol. The van der Waals surface area contributed by atoms with Crippen molar-refractivity contribution in [2.45, 2.75) is 25.3 Å². The van der Waals surface area contributed by atoms with Crippen molar-refractivity contribution < 1.29 is 4.79 Å². The lowest BCUT2D eigenvalue weighted by Crippen LogP contribution is -2.40. The van der Waals surface area contributed by atoms with E-state index in [0.29, 0.717) is 12.1 Å². The van der Waals surface area contributed by atoms with Crippen LogP contribution in [0.1, 0.15) is 34.9 Å². The molecule has 1 aliphatic rings. The van der Waals surface area contributed by atoms with Crippen molar-refractivity contribution in [2.75, 3.05) is 33.7 Å². The Morgan fingerprint density at radius 1 is 1.35 bits per heavy atom. The molecule has 1 atom stereocenters. The van der Waals surface area contributed by atoms with Crippen LogP contribution in [0, 0.1) is 0 Å². The van der Waals surface area contributed by atoms with Gasteiger partial charge in [0.25, 0.3) is 5.91 Å². The zero-order chi connectivity index (χ0) is 18.7. The Labute approximate surface area is 153 Å². The van der Waals surface area contributed by atoms with Crippen molar-refractivity contribution in [3.05, 3.63) is 52.5 Å². The van der Waals surface area contributed by atoms with Crippen LogP contribution in [0.3, 0.4) is 0 Å². The summed E-state index contributed by atoms with van der Waals surface area (Å²) in [4.78, 5) is 33.0. The molecule has 3 rings (SSSR count). The van der Waals surface area contributed by atoms with Crippen LogP contribution in [0.5, 0.6) is 0 Å². The Morgan fingerprint density at radius 2 is 2.15 bits per heavy atom. The lowest BCUT2D eigenvalue weighted by Gasteiger charge is -2.33. The molecule has 1 fully saturated rings. The highest BCUT2D eigenvalue weighted by molar-refractivity contribution is 5.94. The Balaban J connectivity index is 1.73. The fraction of sp³-hybridized carbons (Fsp3) is 0.526. The van der Waals surface area contributed by atoms with Gasteiger partial charge in [-0.05, 0) is 33.0 Å². The van der Waals surface area contributed by atoms with E-state index in [1.807, 2.05) is 17.3 Å². The zero-order valence-electron chi connectivity index (χ0n) is 15.8. The second-order valence-corrected chi connectivity index (χ2v) is 7.24. The molecule has 3 heterocycles. The molecule has 2 aromatic heterocycles. The number of rotatable bonds is 5. The molecule has 0 aromatic carbocycles. The van der Waals surface area contributed by atoms with Gasteiger partial charge >= 0.3 is 0 Å². The van der Waals surface area contributed by atoms with Crippen molar-refractivity contribution in [3.8, 4) is 0 Å². The maximum absolute atomic E-state index is 12.9. The molecular formula is C19H27N5O2. The fourth-order valence-corrected chi connectivity index (χ4v) is 3.45. The van der Waals surface area contributed by atoms with Crippen molar-refractivity contribution in [1.82, 2.24) is 23.9 Å². The lowest BCUT2D eigenvalue weighted by atomic mass is 9.96. The quantitative estimate of drug-likeness (QED) is 0.806. The molecule has 26 heavy (non-hydrogen) atoms. The Kier molecular flexibility index (Phi) is 5.56. The lowest BCUT2D eigenvalue weighted by molar-refractivity contribution is 0.0702. The molecule has 7 heteroatoms. The van der Waals surface area contributed by atoms with Crippen LogP contribution in [0.4, 0.5) is 0 Å². The van der Waals surface area contributed by atoms with Gasteiger partial charge in [-0.25, -0.2) is 4.98 Å². The fourth-order valence-electron chi connectivity index (χ4n) is 3.45. The standard InChI is InChI=1S/C19H27N5O2/c1-21(2)11-12-23-10-8-20-18(23)15-5-4-9-24(14-15)19(26)16-6-7-17(25)22(3)13-16/h6-8,10,13,15H,4-5,9,11-12,14H2,1-3H3/t15-/m0/s1. The molecule has 0 saturated carbocycles. The number of aryl methyl sites for hydroxylation is 1. The Hall–Kier alpha value is -2.41. The first-order chi connectivity index (χ1) is 12.5. The maximum atomic E-state index is 12.9. The summed E-state index contributed by atoms with van der Waals surface area (Å²) in [7, 11) is 5.79. The molecule has 0 spiro atoms. The van der Waals surface area contributed by atoms with E-state index < -0.39 is 0 Å². The normalized spacial score (nSPS) is 17.7. The SMILES string of the molecule is CN(C)CCn1ccnc1[C@H]1CCCN(C(=O)c2ccc(=O)n(C)c2)C1. The number of nitrogens with zero attached hydrogens (tertiary/aromatic N) is 5. The van der Waals surface area contributed by atoms with Crippen molar-refractivity contribution in [2.24, 2.45) is 7.05 Å². The molecule has 2 aromatic rings. The van der Waals surface area contributed by atoms with Gasteiger partial charge in [0.1, 0.15) is 5.82 Å². The smallest absolute Gasteiger partial charge is 0.255 e. The number of piperidine rings is 1. The van der Waals surface area contributed by atoms with Crippen LogP contribution in [0.25, 0.3) is 0 Å². The van der Waals surface area contributed by atoms with Gasteiger partial charge in [0, 0.05) is 63.8 Å². The molecule has 0 N–H and O–H groups in total. The number of hydrogen-bond acceptors (Lipinski definition) is 4. The third kappa shape index (κ3) is 4.04. The van der Waals surface area contributed by atoms with Crippen LogP contribution < -0.4 is 5.56 Å². The molecule has 0 bridgehead atoms. The maximum Gasteiger partial charge on any atom is 0.255 e. The first kappa shape index (κ1) is 18.4. The summed E-state index contributed by atoms with van der Waals surface area (Å²) in [5.74, 6) is 1.29. The summed E-state index contributed by atoms with van der Waals surface area (Å²) in [6, 6.07) is 3.06. The zero-order valence-corrected chi connectivity index (χ0v) is 15.8. The number of carbonyl (C=O) groups excluding carboxylic acids is 1. The molecule has 0 radical (unpaired) electrons. The number of aromatic nitrogens is 3. The van der Waals surface area contributed by atoms with Gasteiger partial charge < -0.3 is 18.9 Å². The van der Waals surface area contributed by atoms with E-state index in [0.717, 1.165) is 38.3 Å². The van der Waals surface area contributed by atoms with Gasteiger partial charge in [-0.1, -0.05) is 0 Å². The second-order valence-electron chi connectivity index (χ2n) is 7.24. The van der Waals surface area contributed by atoms with Crippen LogP contribution >= 0.6 is 0 Å². The number of hydrogen-bond donors (Lipinski definition) is 0. The molecule has 1 saturated heterocycles. The first-order valence-electron chi connectivity index (χ1n) is 9.07. The van der Waals surface area contributed by atoms with E-state index in [9.17, 15) is 9.59 Å². The molecule has 0 unspecified atom stereocenters. The van der Waals surface area contributed by atoms with Crippen LogP contribution in [0.15, 0.2) is 35.5 Å². The van der Waals surface area contributed by atoms with Gasteiger partial charge in [0.15, 0.2) is 0 Å². The van der Waals surface area contributed by atoms with Crippen LogP contribution in [-0.2, 0) is 13.6 Å². The minimum absolute atomic E-state index is 0.0169. The molecule has 0 aliphatic carbocycles. The van der Waals surface area contributed by atoms with Gasteiger partial charge in [0.05, 0.1) is 5.56 Å². The number of likely N-dealkylation sites (N-methyl/N-ethyl adjacent to an activating group) is 1. The Bertz CT molecular complexity index is 823. The second kappa shape index (κ2) is 7.86. The topological polar surface area (TPSA) is 63.4 Å². The minimum atomic E-state index is -0.110. The summed E-state index contributed by atoms with van der Waals surface area (Å²) < 4.78 is 3.65. The van der Waals surface area contributed by atoms with Crippen molar-refractivity contribution >= 4 is 5.91 Å². The molecule has 1 amide bonds. The van der Waals surface area contributed by atoms with E-state index in [1.165, 1.54) is 10.6 Å². The molecule has 1 aliphatic heterocycles. The third-order valence-electron chi connectivity index (χ3n) is 4.94. The summed E-state index contributed by atoms with van der Waals surface area (Å²) in [5.41, 5.74) is 0.449. The van der Waals surface area contributed by atoms with E-state index in [4.69, 9.17) is 0 Å². The summed E-state index contributed by atoms with van der Waals surface area (Å²) in [6.45, 7) is 3.27. The average molecular weight is 357 g/mol. The van der Waals surface area contributed by atoms with Gasteiger partial charge in [-0.15, -0.1) is 0 Å². The number of pyridine rings is 1. The number of amides is 1.